The van der Waals surface area contributed by atoms with E-state index in [1.807, 2.05) is 12.1 Å². The zero-order chi connectivity index (χ0) is 11.7. The number of nitrogens with zero attached hydrogens (tertiary/aromatic N) is 1. The Morgan fingerprint density at radius 2 is 1.53 bits per heavy atom. The summed E-state index contributed by atoms with van der Waals surface area (Å²) in [4.78, 5) is 2.63. The lowest BCUT2D eigenvalue weighted by molar-refractivity contribution is 0.244. The van der Waals surface area contributed by atoms with E-state index in [0.717, 1.165) is 17.0 Å². The molecule has 1 heterocycles. The number of anilines is 1. The summed E-state index contributed by atoms with van der Waals surface area (Å²) in [6.45, 7) is 1.22. The topological polar surface area (TPSA) is 3.24 Å². The Balaban J connectivity index is 0.000000902. The van der Waals surface area contributed by atoms with Gasteiger partial charge in [-0.15, -0.1) is 0 Å². The predicted molar refractivity (Wildman–Crippen MR) is 94.5 cm³/mol. The number of fused-ring (bicyclic) bond motifs is 1. The van der Waals surface area contributed by atoms with Crippen LogP contribution in [0.25, 0.3) is 0 Å². The van der Waals surface area contributed by atoms with Crippen LogP contribution in [0.15, 0.2) is 24.3 Å². The zero-order valence-corrected chi connectivity index (χ0v) is 14.0. The summed E-state index contributed by atoms with van der Waals surface area (Å²) >= 11 is 5.97. The standard InChI is InChI=1S/C15H20ClN.2H2S/c16-13-7-9-14(10-8-13)17-11-3-5-12-4-1-2-6-15(12)17;;/h7-10,12,15H,1-6,11H2;2*1H2/t12-,15+;;/m1../s1. The third kappa shape index (κ3) is 3.77. The van der Waals surface area contributed by atoms with E-state index in [1.165, 1.54) is 50.8 Å². The third-order valence-electron chi connectivity index (χ3n) is 4.40. The summed E-state index contributed by atoms with van der Waals surface area (Å²) in [5.74, 6) is 0.938. The maximum Gasteiger partial charge on any atom is 0.0407 e. The Bertz CT molecular complexity index is 380. The minimum atomic E-state index is 0. The maximum atomic E-state index is 5.97. The van der Waals surface area contributed by atoms with Gasteiger partial charge in [0.1, 0.15) is 0 Å². The van der Waals surface area contributed by atoms with Crippen molar-refractivity contribution in [1.29, 1.82) is 0 Å². The fourth-order valence-corrected chi connectivity index (χ4v) is 3.70. The first kappa shape index (κ1) is 17.1. The molecule has 2 atom stereocenters. The van der Waals surface area contributed by atoms with E-state index in [9.17, 15) is 0 Å². The highest BCUT2D eigenvalue weighted by molar-refractivity contribution is 7.59. The molecular formula is C15H24ClNS2. The zero-order valence-electron chi connectivity index (χ0n) is 11.2. The summed E-state index contributed by atoms with van der Waals surface area (Å²) in [6, 6.07) is 9.18. The second kappa shape index (κ2) is 7.70. The second-order valence-electron chi connectivity index (χ2n) is 5.42. The molecule has 0 radical (unpaired) electrons. The summed E-state index contributed by atoms with van der Waals surface area (Å²) in [5, 5.41) is 0.839. The maximum absolute atomic E-state index is 5.97. The van der Waals surface area contributed by atoms with Gasteiger partial charge in [-0.3, -0.25) is 0 Å². The molecule has 1 aliphatic heterocycles. The van der Waals surface area contributed by atoms with Crippen LogP contribution in [-0.4, -0.2) is 12.6 Å². The molecule has 2 aliphatic rings. The first-order chi connectivity index (χ1) is 8.34. The van der Waals surface area contributed by atoms with E-state index in [-0.39, 0.29) is 27.0 Å². The lowest BCUT2D eigenvalue weighted by atomic mass is 9.78. The number of hydrogen-bond donors (Lipinski definition) is 0. The van der Waals surface area contributed by atoms with Crippen molar-refractivity contribution in [2.24, 2.45) is 5.92 Å². The van der Waals surface area contributed by atoms with Gasteiger partial charge in [-0.1, -0.05) is 24.4 Å². The van der Waals surface area contributed by atoms with Gasteiger partial charge in [0.25, 0.3) is 0 Å². The SMILES string of the molecule is Clc1ccc(N2CCC[C@H]3CCCC[C@@H]32)cc1.S.S. The molecule has 1 aliphatic carbocycles. The van der Waals surface area contributed by atoms with Gasteiger partial charge in [0, 0.05) is 23.3 Å². The summed E-state index contributed by atoms with van der Waals surface area (Å²) in [7, 11) is 0. The number of rotatable bonds is 1. The fourth-order valence-electron chi connectivity index (χ4n) is 3.58. The van der Waals surface area contributed by atoms with E-state index in [2.05, 4.69) is 17.0 Å². The van der Waals surface area contributed by atoms with Gasteiger partial charge in [-0.05, 0) is 55.9 Å². The molecule has 4 heteroatoms. The molecule has 1 aromatic carbocycles. The van der Waals surface area contributed by atoms with Gasteiger partial charge in [0.15, 0.2) is 0 Å². The molecule has 1 nitrogen and oxygen atoms in total. The normalized spacial score (nSPS) is 25.8. The quantitative estimate of drug-likeness (QED) is 0.724. The van der Waals surface area contributed by atoms with Crippen molar-refractivity contribution in [3.05, 3.63) is 29.3 Å². The number of benzene rings is 1. The molecule has 19 heavy (non-hydrogen) atoms. The van der Waals surface area contributed by atoms with Crippen molar-refractivity contribution >= 4 is 44.3 Å². The molecular weight excluding hydrogens is 294 g/mol. The van der Waals surface area contributed by atoms with Crippen LogP contribution in [0, 0.1) is 5.92 Å². The molecule has 0 spiro atoms. The highest BCUT2D eigenvalue weighted by Gasteiger charge is 2.33. The van der Waals surface area contributed by atoms with Gasteiger partial charge in [-0.25, -0.2) is 0 Å². The van der Waals surface area contributed by atoms with E-state index >= 15 is 0 Å². The second-order valence-corrected chi connectivity index (χ2v) is 5.86. The molecule has 0 amide bonds. The highest BCUT2D eigenvalue weighted by atomic mass is 35.5. The Labute approximate surface area is 135 Å². The van der Waals surface area contributed by atoms with Gasteiger partial charge < -0.3 is 4.90 Å². The van der Waals surface area contributed by atoms with Gasteiger partial charge in [-0.2, -0.15) is 27.0 Å². The van der Waals surface area contributed by atoms with E-state index in [4.69, 9.17) is 11.6 Å². The van der Waals surface area contributed by atoms with Crippen LogP contribution in [0.1, 0.15) is 38.5 Å². The number of halogens is 1. The predicted octanol–water partition coefficient (Wildman–Crippen LogP) is 4.72. The van der Waals surface area contributed by atoms with E-state index in [1.54, 1.807) is 0 Å². The average Bonchev–Trinajstić information content (AvgIpc) is 2.39. The molecule has 108 valence electrons. The van der Waals surface area contributed by atoms with Crippen LogP contribution in [0.4, 0.5) is 5.69 Å². The highest BCUT2D eigenvalue weighted by Crippen LogP contribution is 2.37. The first-order valence-corrected chi connectivity index (χ1v) is 7.24. The Morgan fingerprint density at radius 1 is 0.895 bits per heavy atom. The van der Waals surface area contributed by atoms with Crippen molar-refractivity contribution < 1.29 is 0 Å². The van der Waals surface area contributed by atoms with Crippen LogP contribution < -0.4 is 4.90 Å². The average molecular weight is 318 g/mol. The summed E-state index contributed by atoms with van der Waals surface area (Å²) in [5.41, 5.74) is 1.37. The molecule has 1 saturated heterocycles. The van der Waals surface area contributed by atoms with Crippen LogP contribution in [0.2, 0.25) is 5.02 Å². The summed E-state index contributed by atoms with van der Waals surface area (Å²) in [6.07, 6.45) is 8.46. The minimum absolute atomic E-state index is 0. The van der Waals surface area contributed by atoms with Crippen LogP contribution in [0.5, 0.6) is 0 Å². The number of piperidine rings is 1. The minimum Gasteiger partial charge on any atom is -0.368 e. The Hall–Kier alpha value is 0.01000. The van der Waals surface area contributed by atoms with E-state index < -0.39 is 0 Å². The lowest BCUT2D eigenvalue weighted by Gasteiger charge is -2.45. The third-order valence-corrected chi connectivity index (χ3v) is 4.65. The molecule has 3 rings (SSSR count). The van der Waals surface area contributed by atoms with Crippen molar-refractivity contribution in [2.75, 3.05) is 11.4 Å². The Morgan fingerprint density at radius 3 is 2.26 bits per heavy atom. The number of hydrogen-bond acceptors (Lipinski definition) is 1. The smallest absolute Gasteiger partial charge is 0.0407 e. The molecule has 0 bridgehead atoms. The molecule has 1 saturated carbocycles. The monoisotopic (exact) mass is 317 g/mol. The van der Waals surface area contributed by atoms with E-state index in [0.29, 0.717) is 0 Å². The van der Waals surface area contributed by atoms with Gasteiger partial charge >= 0.3 is 0 Å². The summed E-state index contributed by atoms with van der Waals surface area (Å²) < 4.78 is 0. The van der Waals surface area contributed by atoms with Crippen molar-refractivity contribution in [3.8, 4) is 0 Å². The Kier molecular flexibility index (Phi) is 6.92. The van der Waals surface area contributed by atoms with Crippen LogP contribution >= 0.6 is 38.6 Å². The van der Waals surface area contributed by atoms with Crippen molar-refractivity contribution in [1.82, 2.24) is 0 Å². The molecule has 2 fully saturated rings. The van der Waals surface area contributed by atoms with Crippen LogP contribution in [-0.2, 0) is 0 Å². The van der Waals surface area contributed by atoms with Crippen molar-refractivity contribution in [3.63, 3.8) is 0 Å². The molecule has 0 unspecified atom stereocenters. The lowest BCUT2D eigenvalue weighted by Crippen LogP contribution is -2.46. The fraction of sp³-hybridized carbons (Fsp3) is 0.600. The largest absolute Gasteiger partial charge is 0.368 e. The molecule has 0 aromatic heterocycles. The van der Waals surface area contributed by atoms with Crippen LogP contribution in [0.3, 0.4) is 0 Å². The van der Waals surface area contributed by atoms with Crippen molar-refractivity contribution in [2.45, 2.75) is 44.6 Å². The molecule has 0 N–H and O–H groups in total. The first-order valence-electron chi connectivity index (χ1n) is 6.87. The van der Waals surface area contributed by atoms with Gasteiger partial charge in [0.05, 0.1) is 0 Å². The van der Waals surface area contributed by atoms with Gasteiger partial charge in [0.2, 0.25) is 0 Å². The molecule has 1 aromatic rings.